The first-order valence-electron chi connectivity index (χ1n) is 9.72. The van der Waals surface area contributed by atoms with Crippen LogP contribution < -0.4 is 10.6 Å². The van der Waals surface area contributed by atoms with E-state index < -0.39 is 17.2 Å². The largest absolute Gasteiger partial charge is 0.377 e. The molecule has 25 heavy (non-hydrogen) atoms. The lowest BCUT2D eigenvalue weighted by molar-refractivity contribution is -0.180. The first-order chi connectivity index (χ1) is 12.1. The Hall–Kier alpha value is -1.61. The van der Waals surface area contributed by atoms with Crippen LogP contribution in [0.1, 0.15) is 57.8 Å². The molecule has 0 radical (unpaired) electrons. The van der Waals surface area contributed by atoms with E-state index in [4.69, 9.17) is 4.74 Å². The molecule has 3 saturated carbocycles. The van der Waals surface area contributed by atoms with Crippen molar-refractivity contribution in [3.63, 3.8) is 0 Å². The van der Waals surface area contributed by atoms with Gasteiger partial charge in [0.25, 0.3) is 0 Å². The third kappa shape index (κ3) is 2.64. The van der Waals surface area contributed by atoms with Gasteiger partial charge in [-0.3, -0.25) is 9.59 Å². The van der Waals surface area contributed by atoms with Gasteiger partial charge >= 0.3 is 11.8 Å². The Labute approximate surface area is 148 Å². The number of nitriles is 1. The molecule has 1 spiro atoms. The number of nitrogens with zero attached hydrogens (tertiary/aromatic N) is 1. The van der Waals surface area contributed by atoms with Crippen LogP contribution in [0.15, 0.2) is 0 Å². The Morgan fingerprint density at radius 2 is 1.84 bits per heavy atom. The van der Waals surface area contributed by atoms with Crippen molar-refractivity contribution < 1.29 is 14.3 Å². The summed E-state index contributed by atoms with van der Waals surface area (Å²) in [5, 5.41) is 15.2. The van der Waals surface area contributed by atoms with Crippen LogP contribution in [0.5, 0.6) is 0 Å². The van der Waals surface area contributed by atoms with Gasteiger partial charge in [0.1, 0.15) is 0 Å². The van der Waals surface area contributed by atoms with Crippen LogP contribution in [0.2, 0.25) is 0 Å². The van der Waals surface area contributed by atoms with Crippen molar-refractivity contribution in [3.05, 3.63) is 0 Å². The quantitative estimate of drug-likeness (QED) is 0.761. The lowest BCUT2D eigenvalue weighted by Crippen LogP contribution is -2.72. The normalized spacial score (nSPS) is 34.1. The molecule has 6 heteroatoms. The summed E-state index contributed by atoms with van der Waals surface area (Å²) in [6.45, 7) is 1.04. The molecule has 6 nitrogen and oxygen atoms in total. The van der Waals surface area contributed by atoms with Crippen molar-refractivity contribution in [2.75, 3.05) is 13.2 Å². The van der Waals surface area contributed by atoms with Gasteiger partial charge in [-0.2, -0.15) is 5.26 Å². The van der Waals surface area contributed by atoms with Crippen molar-refractivity contribution in [1.82, 2.24) is 10.6 Å². The SMILES string of the molecule is N#CC1(CNC(=O)C(=O)NC2C3CCOC3C23CCC3)CCCCC1. The number of nitrogens with one attached hydrogen (secondary N) is 2. The molecule has 2 N–H and O–H groups in total. The standard InChI is InChI=1S/C19H27N3O3/c20-11-18(6-2-1-3-7-18)12-21-16(23)17(24)22-14-13-5-10-25-15(13)19(14)8-4-9-19/h13-15H,1-10,12H2,(H,21,23)(H,22,24). The van der Waals surface area contributed by atoms with E-state index in [2.05, 4.69) is 16.7 Å². The van der Waals surface area contributed by atoms with Gasteiger partial charge in [0, 0.05) is 30.5 Å². The van der Waals surface area contributed by atoms with Gasteiger partial charge < -0.3 is 15.4 Å². The highest BCUT2D eigenvalue weighted by atomic mass is 16.5. The molecule has 0 aromatic rings. The number of rotatable bonds is 3. The molecule has 3 aliphatic carbocycles. The maximum atomic E-state index is 12.4. The molecule has 4 rings (SSSR count). The van der Waals surface area contributed by atoms with Gasteiger partial charge in [0.05, 0.1) is 17.6 Å². The second kappa shape index (κ2) is 6.28. The zero-order valence-corrected chi connectivity index (χ0v) is 14.7. The Balaban J connectivity index is 1.32. The van der Waals surface area contributed by atoms with Crippen molar-refractivity contribution in [3.8, 4) is 6.07 Å². The van der Waals surface area contributed by atoms with E-state index in [-0.39, 0.29) is 24.1 Å². The van der Waals surface area contributed by atoms with Gasteiger partial charge in [-0.25, -0.2) is 0 Å². The molecule has 0 bridgehead atoms. The van der Waals surface area contributed by atoms with E-state index in [1.165, 1.54) is 6.42 Å². The number of amides is 2. The van der Waals surface area contributed by atoms with E-state index in [1.54, 1.807) is 0 Å². The number of carbonyl (C=O) groups excluding carboxylic acids is 2. The lowest BCUT2D eigenvalue weighted by atomic mass is 9.46. The van der Waals surface area contributed by atoms with Crippen LogP contribution in [-0.4, -0.2) is 37.1 Å². The first kappa shape index (κ1) is 16.8. The molecule has 4 aliphatic rings. The van der Waals surface area contributed by atoms with Crippen molar-refractivity contribution in [2.24, 2.45) is 16.7 Å². The van der Waals surface area contributed by atoms with Crippen LogP contribution in [0.4, 0.5) is 0 Å². The van der Waals surface area contributed by atoms with Crippen LogP contribution in [0.3, 0.4) is 0 Å². The Kier molecular flexibility index (Phi) is 4.23. The van der Waals surface area contributed by atoms with Crippen LogP contribution >= 0.6 is 0 Å². The summed E-state index contributed by atoms with van der Waals surface area (Å²) in [5.74, 6) is -0.789. The maximum absolute atomic E-state index is 12.4. The third-order valence-electron chi connectivity index (χ3n) is 7.16. The summed E-state index contributed by atoms with van der Waals surface area (Å²) in [5.41, 5.74) is -0.418. The smallest absolute Gasteiger partial charge is 0.309 e. The van der Waals surface area contributed by atoms with Crippen molar-refractivity contribution in [2.45, 2.75) is 69.9 Å². The average molecular weight is 345 g/mol. The molecule has 136 valence electrons. The molecule has 2 amide bonds. The molecule has 1 saturated heterocycles. The summed E-state index contributed by atoms with van der Waals surface area (Å²) in [4.78, 5) is 24.6. The highest BCUT2D eigenvalue weighted by Gasteiger charge is 2.67. The van der Waals surface area contributed by atoms with Gasteiger partial charge in [-0.1, -0.05) is 25.7 Å². The predicted octanol–water partition coefficient (Wildman–Crippen LogP) is 1.65. The maximum Gasteiger partial charge on any atom is 0.309 e. The second-order valence-corrected chi connectivity index (χ2v) is 8.42. The highest BCUT2D eigenvalue weighted by molar-refractivity contribution is 6.35. The van der Waals surface area contributed by atoms with Crippen LogP contribution in [0, 0.1) is 28.1 Å². The number of fused-ring (bicyclic) bond motifs is 2. The number of hydrogen-bond acceptors (Lipinski definition) is 4. The van der Waals surface area contributed by atoms with E-state index in [0.29, 0.717) is 5.92 Å². The minimum Gasteiger partial charge on any atom is -0.377 e. The first-order valence-corrected chi connectivity index (χ1v) is 9.72. The molecule has 0 aromatic heterocycles. The fraction of sp³-hybridized carbons (Fsp3) is 0.842. The number of hydrogen-bond donors (Lipinski definition) is 2. The van der Waals surface area contributed by atoms with E-state index in [0.717, 1.165) is 58.0 Å². The van der Waals surface area contributed by atoms with Crippen molar-refractivity contribution >= 4 is 11.8 Å². The Bertz CT molecular complexity index is 602. The van der Waals surface area contributed by atoms with Crippen molar-refractivity contribution in [1.29, 1.82) is 5.26 Å². The molecule has 3 atom stereocenters. The predicted molar refractivity (Wildman–Crippen MR) is 90.2 cm³/mol. The summed E-state index contributed by atoms with van der Waals surface area (Å²) in [6.07, 6.45) is 9.37. The van der Waals surface area contributed by atoms with E-state index in [9.17, 15) is 14.9 Å². The fourth-order valence-electron chi connectivity index (χ4n) is 5.55. The zero-order chi connectivity index (χ0) is 17.5. The Morgan fingerprint density at radius 3 is 2.48 bits per heavy atom. The van der Waals surface area contributed by atoms with Crippen LogP contribution in [-0.2, 0) is 14.3 Å². The highest BCUT2D eigenvalue weighted by Crippen LogP contribution is 2.62. The van der Waals surface area contributed by atoms with Gasteiger partial charge in [-0.15, -0.1) is 0 Å². The van der Waals surface area contributed by atoms with Gasteiger partial charge in [-0.05, 0) is 32.1 Å². The molecule has 0 aromatic carbocycles. The lowest BCUT2D eigenvalue weighted by Gasteiger charge is -2.63. The Morgan fingerprint density at radius 1 is 1.08 bits per heavy atom. The molecule has 1 heterocycles. The molecular weight excluding hydrogens is 318 g/mol. The molecular formula is C19H27N3O3. The average Bonchev–Trinajstić information content (AvgIpc) is 3.02. The van der Waals surface area contributed by atoms with E-state index in [1.807, 2.05) is 0 Å². The van der Waals surface area contributed by atoms with Crippen LogP contribution in [0.25, 0.3) is 0 Å². The third-order valence-corrected chi connectivity index (χ3v) is 7.16. The van der Waals surface area contributed by atoms with Gasteiger partial charge in [0.2, 0.25) is 0 Å². The molecule has 1 aliphatic heterocycles. The molecule has 3 unspecified atom stereocenters. The minimum absolute atomic E-state index is 0.0756. The monoisotopic (exact) mass is 345 g/mol. The van der Waals surface area contributed by atoms with Gasteiger partial charge in [0.15, 0.2) is 0 Å². The zero-order valence-electron chi connectivity index (χ0n) is 14.7. The molecule has 4 fully saturated rings. The summed E-state index contributed by atoms with van der Waals surface area (Å²) in [7, 11) is 0. The summed E-state index contributed by atoms with van der Waals surface area (Å²) in [6, 6.07) is 2.45. The summed E-state index contributed by atoms with van der Waals surface area (Å²) >= 11 is 0. The van der Waals surface area contributed by atoms with E-state index >= 15 is 0 Å². The number of carbonyl (C=O) groups is 2. The summed E-state index contributed by atoms with van der Waals surface area (Å²) < 4.78 is 5.85. The topological polar surface area (TPSA) is 91.2 Å². The number of ether oxygens (including phenoxy) is 1. The second-order valence-electron chi connectivity index (χ2n) is 8.42. The fourth-order valence-corrected chi connectivity index (χ4v) is 5.55. The minimum atomic E-state index is -0.600.